The zero-order valence-corrected chi connectivity index (χ0v) is 10.3. The lowest BCUT2D eigenvalue weighted by Gasteiger charge is -2.31. The molecule has 0 saturated heterocycles. The third kappa shape index (κ3) is 4.97. The van der Waals surface area contributed by atoms with Gasteiger partial charge in [0.1, 0.15) is 0 Å². The van der Waals surface area contributed by atoms with E-state index >= 15 is 0 Å². The van der Waals surface area contributed by atoms with Gasteiger partial charge in [-0.25, -0.2) is 0 Å². The lowest BCUT2D eigenvalue weighted by molar-refractivity contribution is -0.0716. The van der Waals surface area contributed by atoms with Crippen molar-refractivity contribution in [2.45, 2.75) is 52.6 Å². The maximum absolute atomic E-state index is 10.3. The van der Waals surface area contributed by atoms with Crippen molar-refractivity contribution >= 4 is 0 Å². The predicted octanol–water partition coefficient (Wildman–Crippen LogP) is 2.85. The van der Waals surface area contributed by atoms with Gasteiger partial charge < -0.3 is 9.84 Å². The lowest BCUT2D eigenvalue weighted by Crippen LogP contribution is -2.39. The third-order valence-corrected chi connectivity index (χ3v) is 2.86. The Kier molecular flexibility index (Phi) is 6.38. The Bertz CT molecular complexity index is 143. The highest BCUT2D eigenvalue weighted by atomic mass is 16.5. The fourth-order valence-corrected chi connectivity index (χ4v) is 1.59. The highest BCUT2D eigenvalue weighted by Gasteiger charge is 2.30. The van der Waals surface area contributed by atoms with Crippen molar-refractivity contribution in [3.8, 4) is 0 Å². The summed E-state index contributed by atoms with van der Waals surface area (Å²) in [6.45, 7) is 8.97. The van der Waals surface area contributed by atoms with Gasteiger partial charge in [0, 0.05) is 7.11 Å². The molecule has 0 saturated carbocycles. The molecule has 14 heavy (non-hydrogen) atoms. The molecule has 0 fully saturated rings. The topological polar surface area (TPSA) is 29.5 Å². The molecule has 0 bridgehead atoms. The van der Waals surface area contributed by atoms with Gasteiger partial charge in [-0.15, -0.1) is 0 Å². The molecular formula is C12H26O2. The highest BCUT2D eigenvalue weighted by molar-refractivity contribution is 4.81. The Morgan fingerprint density at radius 1 is 1.21 bits per heavy atom. The van der Waals surface area contributed by atoms with Crippen LogP contribution in [0.5, 0.6) is 0 Å². The first-order valence-electron chi connectivity index (χ1n) is 5.63. The summed E-state index contributed by atoms with van der Waals surface area (Å²) in [5.41, 5.74) is -0.635. The van der Waals surface area contributed by atoms with E-state index in [4.69, 9.17) is 4.74 Å². The van der Waals surface area contributed by atoms with Crippen molar-refractivity contribution in [3.63, 3.8) is 0 Å². The summed E-state index contributed by atoms with van der Waals surface area (Å²) in [6, 6.07) is 0. The van der Waals surface area contributed by atoms with Crippen molar-refractivity contribution in [2.75, 3.05) is 13.7 Å². The van der Waals surface area contributed by atoms with E-state index in [1.54, 1.807) is 7.11 Å². The van der Waals surface area contributed by atoms with Crippen LogP contribution in [0.3, 0.4) is 0 Å². The number of hydrogen-bond acceptors (Lipinski definition) is 2. The molecule has 0 aromatic carbocycles. The van der Waals surface area contributed by atoms with Gasteiger partial charge in [-0.3, -0.25) is 0 Å². The van der Waals surface area contributed by atoms with Crippen molar-refractivity contribution in [1.29, 1.82) is 0 Å². The minimum absolute atomic E-state index is 0.259. The molecule has 86 valence electrons. The van der Waals surface area contributed by atoms with Crippen molar-refractivity contribution in [3.05, 3.63) is 0 Å². The fourth-order valence-electron chi connectivity index (χ4n) is 1.59. The molecule has 0 spiro atoms. The van der Waals surface area contributed by atoms with Crippen LogP contribution in [0, 0.1) is 11.8 Å². The normalized spacial score (nSPS) is 16.3. The Balaban J connectivity index is 3.96. The van der Waals surface area contributed by atoms with E-state index in [-0.39, 0.29) is 5.92 Å². The summed E-state index contributed by atoms with van der Waals surface area (Å²) in [7, 11) is 1.65. The van der Waals surface area contributed by atoms with E-state index in [0.717, 1.165) is 12.8 Å². The van der Waals surface area contributed by atoms with E-state index in [0.29, 0.717) is 12.5 Å². The minimum atomic E-state index is -0.635. The Morgan fingerprint density at radius 3 is 2.14 bits per heavy atom. The molecule has 1 N–H and O–H groups in total. The zero-order chi connectivity index (χ0) is 11.2. The number of aliphatic hydroxyl groups is 1. The van der Waals surface area contributed by atoms with E-state index in [2.05, 4.69) is 13.8 Å². The maximum Gasteiger partial charge on any atom is 0.0902 e. The molecule has 0 amide bonds. The van der Waals surface area contributed by atoms with Crippen LogP contribution in [0.25, 0.3) is 0 Å². The van der Waals surface area contributed by atoms with Gasteiger partial charge in [0.05, 0.1) is 12.2 Å². The Hall–Kier alpha value is -0.0800. The smallest absolute Gasteiger partial charge is 0.0902 e. The molecular weight excluding hydrogens is 176 g/mol. The summed E-state index contributed by atoms with van der Waals surface area (Å²) >= 11 is 0. The molecule has 1 unspecified atom stereocenters. The quantitative estimate of drug-likeness (QED) is 0.688. The molecule has 0 radical (unpaired) electrons. The molecule has 0 aliphatic carbocycles. The molecule has 0 rings (SSSR count). The molecule has 0 aliphatic rings. The number of ether oxygens (including phenoxy) is 1. The van der Waals surface area contributed by atoms with Gasteiger partial charge >= 0.3 is 0 Å². The SMILES string of the molecule is COCC(O)(CCCC(C)C)C(C)C. The van der Waals surface area contributed by atoms with Crippen LogP contribution in [-0.2, 0) is 4.74 Å². The summed E-state index contributed by atoms with van der Waals surface area (Å²) < 4.78 is 5.08. The second-order valence-electron chi connectivity index (χ2n) is 4.98. The van der Waals surface area contributed by atoms with Gasteiger partial charge in [0.2, 0.25) is 0 Å². The van der Waals surface area contributed by atoms with Gasteiger partial charge in [0.15, 0.2) is 0 Å². The van der Waals surface area contributed by atoms with E-state index in [9.17, 15) is 5.11 Å². The van der Waals surface area contributed by atoms with Crippen LogP contribution >= 0.6 is 0 Å². The first-order valence-corrected chi connectivity index (χ1v) is 5.63. The number of methoxy groups -OCH3 is 1. The standard InChI is InChI=1S/C12H26O2/c1-10(2)7-6-8-12(13,9-14-5)11(3)4/h10-11,13H,6-9H2,1-5H3. The fraction of sp³-hybridized carbons (Fsp3) is 1.00. The second-order valence-corrected chi connectivity index (χ2v) is 4.98. The average Bonchev–Trinajstić information content (AvgIpc) is 2.03. The summed E-state index contributed by atoms with van der Waals surface area (Å²) in [5, 5.41) is 10.3. The van der Waals surface area contributed by atoms with Crippen LogP contribution in [0.4, 0.5) is 0 Å². The molecule has 0 aromatic rings. The monoisotopic (exact) mass is 202 g/mol. The van der Waals surface area contributed by atoms with Gasteiger partial charge in [-0.1, -0.05) is 40.5 Å². The summed E-state index contributed by atoms with van der Waals surface area (Å²) in [6.07, 6.45) is 3.10. The largest absolute Gasteiger partial charge is 0.387 e. The Labute approximate surface area is 88.7 Å². The van der Waals surface area contributed by atoms with Gasteiger partial charge in [0.25, 0.3) is 0 Å². The Morgan fingerprint density at radius 2 is 1.79 bits per heavy atom. The van der Waals surface area contributed by atoms with Crippen molar-refractivity contribution < 1.29 is 9.84 Å². The first-order chi connectivity index (χ1) is 6.42. The summed E-state index contributed by atoms with van der Waals surface area (Å²) in [5.74, 6) is 0.976. The third-order valence-electron chi connectivity index (χ3n) is 2.86. The molecule has 1 atom stereocenters. The van der Waals surface area contributed by atoms with Crippen LogP contribution in [0.1, 0.15) is 47.0 Å². The van der Waals surface area contributed by atoms with Crippen LogP contribution in [0.2, 0.25) is 0 Å². The van der Waals surface area contributed by atoms with Crippen LogP contribution in [0.15, 0.2) is 0 Å². The predicted molar refractivity (Wildman–Crippen MR) is 60.4 cm³/mol. The van der Waals surface area contributed by atoms with Gasteiger partial charge in [-0.2, -0.15) is 0 Å². The van der Waals surface area contributed by atoms with Crippen LogP contribution < -0.4 is 0 Å². The van der Waals surface area contributed by atoms with E-state index < -0.39 is 5.60 Å². The molecule has 0 aromatic heterocycles. The van der Waals surface area contributed by atoms with Crippen molar-refractivity contribution in [1.82, 2.24) is 0 Å². The first kappa shape index (κ1) is 13.9. The van der Waals surface area contributed by atoms with E-state index in [1.165, 1.54) is 6.42 Å². The molecule has 0 aliphatic heterocycles. The van der Waals surface area contributed by atoms with Crippen molar-refractivity contribution in [2.24, 2.45) is 11.8 Å². The lowest BCUT2D eigenvalue weighted by atomic mass is 9.85. The zero-order valence-electron chi connectivity index (χ0n) is 10.3. The number of rotatable bonds is 7. The molecule has 2 heteroatoms. The van der Waals surface area contributed by atoms with Gasteiger partial charge in [-0.05, 0) is 18.3 Å². The summed E-state index contributed by atoms with van der Waals surface area (Å²) in [4.78, 5) is 0. The van der Waals surface area contributed by atoms with Crippen LogP contribution in [-0.4, -0.2) is 24.4 Å². The average molecular weight is 202 g/mol. The molecule has 2 nitrogen and oxygen atoms in total. The highest BCUT2D eigenvalue weighted by Crippen LogP contribution is 2.25. The second kappa shape index (κ2) is 6.41. The minimum Gasteiger partial charge on any atom is -0.387 e. The molecule has 0 heterocycles. The maximum atomic E-state index is 10.3. The van der Waals surface area contributed by atoms with E-state index in [1.807, 2.05) is 13.8 Å². The number of hydrogen-bond donors (Lipinski definition) is 1.